The lowest BCUT2D eigenvalue weighted by molar-refractivity contribution is -0.120. The van der Waals surface area contributed by atoms with Gasteiger partial charge in [0.25, 0.3) is 0 Å². The number of aryl methyl sites for hydroxylation is 1. The molecule has 0 aliphatic heterocycles. The minimum absolute atomic E-state index is 0.0294. The van der Waals surface area contributed by atoms with Crippen molar-refractivity contribution in [2.24, 2.45) is 0 Å². The molecular weight excluding hydrogens is 453 g/mol. The van der Waals surface area contributed by atoms with Crippen LogP contribution in [0.3, 0.4) is 0 Å². The summed E-state index contributed by atoms with van der Waals surface area (Å²) in [6.45, 7) is 0.242. The van der Waals surface area contributed by atoms with Gasteiger partial charge in [0.2, 0.25) is 15.9 Å². The molecule has 0 radical (unpaired) electrons. The molecule has 4 rings (SSSR count). The van der Waals surface area contributed by atoms with Crippen molar-refractivity contribution in [3.63, 3.8) is 0 Å². The Morgan fingerprint density at radius 3 is 2.38 bits per heavy atom. The number of hydrogen-bond acceptors (Lipinski definition) is 3. The summed E-state index contributed by atoms with van der Waals surface area (Å²) in [6.07, 6.45) is 0.662. The summed E-state index contributed by atoms with van der Waals surface area (Å²) in [5, 5.41) is 3.70. The number of para-hydroxylation sites is 1. The first-order valence-electron chi connectivity index (χ1n) is 11.0. The lowest BCUT2D eigenvalue weighted by atomic mass is 10.0. The first-order chi connectivity index (χ1) is 16.4. The van der Waals surface area contributed by atoms with E-state index in [0.29, 0.717) is 6.42 Å². The number of benzene rings is 3. The van der Waals surface area contributed by atoms with Crippen LogP contribution >= 0.6 is 0 Å². The zero-order valence-corrected chi connectivity index (χ0v) is 19.4. The molecule has 0 aliphatic carbocycles. The molecule has 1 heterocycles. The first-order valence-corrected chi connectivity index (χ1v) is 12.7. The largest absolute Gasteiger partial charge is 0.355 e. The van der Waals surface area contributed by atoms with Crippen LogP contribution in [0, 0.1) is 5.82 Å². The van der Waals surface area contributed by atoms with Crippen LogP contribution in [-0.4, -0.2) is 31.6 Å². The van der Waals surface area contributed by atoms with Crippen LogP contribution in [0.25, 0.3) is 22.2 Å². The highest BCUT2D eigenvalue weighted by molar-refractivity contribution is 7.89. The van der Waals surface area contributed by atoms with E-state index >= 15 is 0 Å². The molecule has 1 aromatic heterocycles. The third kappa shape index (κ3) is 6.09. The summed E-state index contributed by atoms with van der Waals surface area (Å²) in [5.74, 6) is -0.734. The van der Waals surface area contributed by atoms with Crippen LogP contribution in [0.2, 0.25) is 0 Å². The second kappa shape index (κ2) is 10.6. The SMILES string of the molecule is O=C(CCc1c(-c2ccc(F)cc2)[nH]c2ccccc12)NCCS(=O)(=O)NCc1ccccc1. The molecule has 0 saturated heterocycles. The molecule has 176 valence electrons. The van der Waals surface area contributed by atoms with Gasteiger partial charge in [0.15, 0.2) is 0 Å². The summed E-state index contributed by atoms with van der Waals surface area (Å²) in [4.78, 5) is 15.8. The van der Waals surface area contributed by atoms with E-state index in [9.17, 15) is 17.6 Å². The Balaban J connectivity index is 1.34. The van der Waals surface area contributed by atoms with Crippen LogP contribution in [-0.2, 0) is 27.8 Å². The number of halogens is 1. The number of aromatic nitrogens is 1. The van der Waals surface area contributed by atoms with Gasteiger partial charge in [-0.1, -0.05) is 48.5 Å². The number of carbonyl (C=O) groups is 1. The molecule has 0 saturated carbocycles. The monoisotopic (exact) mass is 479 g/mol. The van der Waals surface area contributed by atoms with E-state index in [1.54, 1.807) is 12.1 Å². The maximum Gasteiger partial charge on any atom is 0.220 e. The topological polar surface area (TPSA) is 91.1 Å². The number of carbonyl (C=O) groups excluding carboxylic acids is 1. The molecule has 6 nitrogen and oxygen atoms in total. The lowest BCUT2D eigenvalue weighted by Crippen LogP contribution is -2.34. The number of fused-ring (bicyclic) bond motifs is 1. The fourth-order valence-electron chi connectivity index (χ4n) is 3.84. The van der Waals surface area contributed by atoms with Crippen LogP contribution in [0.15, 0.2) is 78.9 Å². The van der Waals surface area contributed by atoms with Crippen molar-refractivity contribution < 1.29 is 17.6 Å². The van der Waals surface area contributed by atoms with E-state index < -0.39 is 10.0 Å². The van der Waals surface area contributed by atoms with E-state index in [2.05, 4.69) is 15.0 Å². The summed E-state index contributed by atoms with van der Waals surface area (Å²) in [7, 11) is -3.51. The molecule has 1 amide bonds. The van der Waals surface area contributed by atoms with Crippen molar-refractivity contribution in [3.8, 4) is 11.3 Å². The first kappa shape index (κ1) is 23.7. The standard InChI is InChI=1S/C26H26FN3O3S/c27-21-12-10-20(11-13-21)26-23(22-8-4-5-9-24(22)30-26)14-15-25(31)28-16-17-34(32,33)29-18-19-6-2-1-3-7-19/h1-13,29-30H,14-18H2,(H,28,31). The van der Waals surface area contributed by atoms with Crippen molar-refractivity contribution in [1.82, 2.24) is 15.0 Å². The Bertz CT molecular complexity index is 1370. The fourth-order valence-corrected chi connectivity index (χ4v) is 4.74. The number of amides is 1. The number of nitrogens with one attached hydrogen (secondary N) is 3. The van der Waals surface area contributed by atoms with Gasteiger partial charge >= 0.3 is 0 Å². The van der Waals surface area contributed by atoms with Gasteiger partial charge in [0.1, 0.15) is 5.82 Å². The molecule has 0 spiro atoms. The zero-order valence-electron chi connectivity index (χ0n) is 18.6. The van der Waals surface area contributed by atoms with Gasteiger partial charge in [-0.15, -0.1) is 0 Å². The number of rotatable bonds is 10. The van der Waals surface area contributed by atoms with Gasteiger partial charge in [-0.2, -0.15) is 0 Å². The molecule has 4 aromatic rings. The fraction of sp³-hybridized carbons (Fsp3) is 0.192. The predicted octanol–water partition coefficient (Wildman–Crippen LogP) is 4.14. The molecule has 0 atom stereocenters. The minimum atomic E-state index is -3.51. The van der Waals surface area contributed by atoms with Gasteiger partial charge in [-0.3, -0.25) is 4.79 Å². The maximum absolute atomic E-state index is 13.4. The van der Waals surface area contributed by atoms with Crippen molar-refractivity contribution in [2.75, 3.05) is 12.3 Å². The number of aromatic amines is 1. The van der Waals surface area contributed by atoms with Crippen molar-refractivity contribution >= 4 is 26.8 Å². The second-order valence-electron chi connectivity index (χ2n) is 8.01. The molecular formula is C26H26FN3O3S. The van der Waals surface area contributed by atoms with Gasteiger partial charge in [-0.05, 0) is 53.4 Å². The third-order valence-corrected chi connectivity index (χ3v) is 6.91. The summed E-state index contributed by atoms with van der Waals surface area (Å²) in [5.41, 5.74) is 4.46. The molecule has 3 N–H and O–H groups in total. The van der Waals surface area contributed by atoms with Gasteiger partial charge < -0.3 is 10.3 Å². The Kier molecular flexibility index (Phi) is 7.40. The van der Waals surface area contributed by atoms with Gasteiger partial charge in [0, 0.05) is 36.1 Å². The zero-order chi connectivity index (χ0) is 24.0. The highest BCUT2D eigenvalue weighted by atomic mass is 32.2. The smallest absolute Gasteiger partial charge is 0.220 e. The average molecular weight is 480 g/mol. The van der Waals surface area contributed by atoms with Gasteiger partial charge in [-0.25, -0.2) is 17.5 Å². The molecule has 0 aliphatic rings. The van der Waals surface area contributed by atoms with Crippen LogP contribution in [0.1, 0.15) is 17.5 Å². The summed E-state index contributed by atoms with van der Waals surface area (Å²) < 4.78 is 40.3. The van der Waals surface area contributed by atoms with E-state index in [-0.39, 0.29) is 37.0 Å². The number of hydrogen-bond donors (Lipinski definition) is 3. The third-order valence-electron chi connectivity index (χ3n) is 5.58. The van der Waals surface area contributed by atoms with E-state index in [0.717, 1.165) is 33.3 Å². The lowest BCUT2D eigenvalue weighted by Gasteiger charge is -2.09. The number of H-pyrrole nitrogens is 1. The molecule has 0 bridgehead atoms. The average Bonchev–Trinajstić information content (AvgIpc) is 3.21. The highest BCUT2D eigenvalue weighted by Gasteiger charge is 2.15. The van der Waals surface area contributed by atoms with E-state index in [1.807, 2.05) is 54.6 Å². The number of sulfonamides is 1. The Morgan fingerprint density at radius 1 is 0.912 bits per heavy atom. The summed E-state index contributed by atoms with van der Waals surface area (Å²) in [6, 6.07) is 23.3. The highest BCUT2D eigenvalue weighted by Crippen LogP contribution is 2.31. The van der Waals surface area contributed by atoms with Crippen molar-refractivity contribution in [3.05, 3.63) is 95.8 Å². The van der Waals surface area contributed by atoms with E-state index in [1.165, 1.54) is 12.1 Å². The molecule has 0 fully saturated rings. The van der Waals surface area contributed by atoms with Crippen LogP contribution < -0.4 is 10.0 Å². The summed E-state index contributed by atoms with van der Waals surface area (Å²) >= 11 is 0. The van der Waals surface area contributed by atoms with Crippen LogP contribution in [0.4, 0.5) is 4.39 Å². The predicted molar refractivity (Wildman–Crippen MR) is 132 cm³/mol. The quantitative estimate of drug-likeness (QED) is 0.319. The van der Waals surface area contributed by atoms with Crippen LogP contribution in [0.5, 0.6) is 0 Å². The molecule has 3 aromatic carbocycles. The maximum atomic E-state index is 13.4. The minimum Gasteiger partial charge on any atom is -0.355 e. The Labute approximate surface area is 198 Å². The second-order valence-corrected chi connectivity index (χ2v) is 9.93. The van der Waals surface area contributed by atoms with Crippen molar-refractivity contribution in [1.29, 1.82) is 0 Å². The normalized spacial score (nSPS) is 11.6. The van der Waals surface area contributed by atoms with Gasteiger partial charge in [0.05, 0.1) is 5.75 Å². The molecule has 8 heteroatoms. The van der Waals surface area contributed by atoms with E-state index in [4.69, 9.17) is 0 Å². The molecule has 34 heavy (non-hydrogen) atoms. The molecule has 0 unspecified atom stereocenters. The van der Waals surface area contributed by atoms with Crippen molar-refractivity contribution in [2.45, 2.75) is 19.4 Å². The Hall–Kier alpha value is -3.49. The Morgan fingerprint density at radius 2 is 1.62 bits per heavy atom.